The van der Waals surface area contributed by atoms with Crippen LogP contribution in [0.5, 0.6) is 0 Å². The summed E-state index contributed by atoms with van der Waals surface area (Å²) in [7, 11) is 3.09. The molecular formula is C12H23NO3. The van der Waals surface area contributed by atoms with Crippen molar-refractivity contribution in [2.24, 2.45) is 5.92 Å². The molecule has 0 bridgehead atoms. The molecule has 1 atom stereocenters. The zero-order valence-corrected chi connectivity index (χ0v) is 10.3. The van der Waals surface area contributed by atoms with E-state index in [1.165, 1.54) is 32.8 Å². The molecule has 0 saturated heterocycles. The number of carbonyl (C=O) groups is 1. The van der Waals surface area contributed by atoms with E-state index in [-0.39, 0.29) is 11.9 Å². The van der Waals surface area contributed by atoms with Gasteiger partial charge >= 0.3 is 5.97 Å². The van der Waals surface area contributed by atoms with Crippen LogP contribution < -0.4 is 5.32 Å². The van der Waals surface area contributed by atoms with Crippen molar-refractivity contribution < 1.29 is 14.3 Å². The Kier molecular flexibility index (Phi) is 6.42. The number of carbonyl (C=O) groups excluding carboxylic acids is 1. The Balaban J connectivity index is 2.27. The summed E-state index contributed by atoms with van der Waals surface area (Å²) in [6, 6.07) is 0.592. The average molecular weight is 229 g/mol. The minimum absolute atomic E-state index is 0.0782. The van der Waals surface area contributed by atoms with Gasteiger partial charge in [-0.1, -0.05) is 12.8 Å². The lowest BCUT2D eigenvalue weighted by molar-refractivity contribution is -0.145. The Hall–Kier alpha value is -0.610. The summed E-state index contributed by atoms with van der Waals surface area (Å²) in [5.41, 5.74) is 0. The molecule has 4 nitrogen and oxygen atoms in total. The van der Waals surface area contributed by atoms with Crippen LogP contribution in [-0.2, 0) is 14.3 Å². The molecule has 0 radical (unpaired) electrons. The standard InChI is InChI=1S/C12H23NO3/c1-15-8-7-10(12(14)16-2)9-13-11-5-3-4-6-11/h10-11,13H,3-9H2,1-2H3. The van der Waals surface area contributed by atoms with Crippen LogP contribution in [0.1, 0.15) is 32.1 Å². The largest absolute Gasteiger partial charge is 0.469 e. The van der Waals surface area contributed by atoms with Crippen molar-refractivity contribution in [3.05, 3.63) is 0 Å². The maximum absolute atomic E-state index is 11.5. The summed E-state index contributed by atoms with van der Waals surface area (Å²) >= 11 is 0. The first-order chi connectivity index (χ1) is 7.77. The van der Waals surface area contributed by atoms with E-state index in [9.17, 15) is 4.79 Å². The number of ether oxygens (including phenoxy) is 2. The second kappa shape index (κ2) is 7.63. The quantitative estimate of drug-likeness (QED) is 0.669. The molecule has 0 spiro atoms. The van der Waals surface area contributed by atoms with Crippen LogP contribution in [0.3, 0.4) is 0 Å². The highest BCUT2D eigenvalue weighted by molar-refractivity contribution is 5.72. The third-order valence-electron chi connectivity index (χ3n) is 3.21. The molecule has 1 aliphatic carbocycles. The van der Waals surface area contributed by atoms with E-state index >= 15 is 0 Å². The molecular weight excluding hydrogens is 206 g/mol. The molecule has 1 saturated carbocycles. The molecule has 1 aliphatic rings. The lowest BCUT2D eigenvalue weighted by atomic mass is 10.1. The SMILES string of the molecule is COCCC(CNC1CCCC1)C(=O)OC. The summed E-state index contributed by atoms with van der Waals surface area (Å²) in [5.74, 6) is -0.215. The first-order valence-electron chi connectivity index (χ1n) is 6.08. The van der Waals surface area contributed by atoms with Crippen LogP contribution in [0.4, 0.5) is 0 Å². The minimum Gasteiger partial charge on any atom is -0.469 e. The summed E-state index contributed by atoms with van der Waals surface area (Å²) in [5, 5.41) is 3.45. The van der Waals surface area contributed by atoms with Gasteiger partial charge < -0.3 is 14.8 Å². The molecule has 1 rings (SSSR count). The van der Waals surface area contributed by atoms with Gasteiger partial charge in [-0.05, 0) is 19.3 Å². The van der Waals surface area contributed by atoms with Crippen molar-refractivity contribution in [1.82, 2.24) is 5.32 Å². The Morgan fingerprint density at radius 3 is 2.62 bits per heavy atom. The van der Waals surface area contributed by atoms with Crippen LogP contribution in [0, 0.1) is 5.92 Å². The highest BCUT2D eigenvalue weighted by atomic mass is 16.5. The zero-order chi connectivity index (χ0) is 11.8. The fourth-order valence-corrected chi connectivity index (χ4v) is 2.17. The molecule has 0 amide bonds. The molecule has 1 N–H and O–H groups in total. The van der Waals surface area contributed by atoms with E-state index < -0.39 is 0 Å². The predicted molar refractivity (Wildman–Crippen MR) is 62.3 cm³/mol. The van der Waals surface area contributed by atoms with Crippen LogP contribution in [0.2, 0.25) is 0 Å². The van der Waals surface area contributed by atoms with Gasteiger partial charge in [-0.3, -0.25) is 4.79 Å². The fraction of sp³-hybridized carbons (Fsp3) is 0.917. The molecule has 4 heteroatoms. The van der Waals surface area contributed by atoms with E-state index in [2.05, 4.69) is 5.32 Å². The van der Waals surface area contributed by atoms with Gasteiger partial charge in [0.15, 0.2) is 0 Å². The van der Waals surface area contributed by atoms with Gasteiger partial charge in [-0.2, -0.15) is 0 Å². The summed E-state index contributed by atoms with van der Waals surface area (Å²) in [6.45, 7) is 1.31. The fourth-order valence-electron chi connectivity index (χ4n) is 2.17. The number of hydrogen-bond donors (Lipinski definition) is 1. The Morgan fingerprint density at radius 2 is 2.06 bits per heavy atom. The van der Waals surface area contributed by atoms with Crippen molar-refractivity contribution >= 4 is 5.97 Å². The second-order valence-electron chi connectivity index (χ2n) is 4.39. The highest BCUT2D eigenvalue weighted by Gasteiger charge is 2.21. The maximum Gasteiger partial charge on any atom is 0.310 e. The molecule has 0 aliphatic heterocycles. The average Bonchev–Trinajstić information content (AvgIpc) is 2.81. The maximum atomic E-state index is 11.5. The van der Waals surface area contributed by atoms with Crippen LogP contribution in [-0.4, -0.2) is 39.4 Å². The molecule has 0 heterocycles. The summed E-state index contributed by atoms with van der Waals surface area (Å²) in [4.78, 5) is 11.5. The summed E-state index contributed by atoms with van der Waals surface area (Å²) < 4.78 is 9.79. The zero-order valence-electron chi connectivity index (χ0n) is 10.3. The van der Waals surface area contributed by atoms with Gasteiger partial charge in [0, 0.05) is 26.3 Å². The normalized spacial score (nSPS) is 18.6. The number of rotatable bonds is 7. The van der Waals surface area contributed by atoms with Gasteiger partial charge in [-0.25, -0.2) is 0 Å². The number of methoxy groups -OCH3 is 2. The Labute approximate surface area is 97.7 Å². The first-order valence-corrected chi connectivity index (χ1v) is 6.08. The van der Waals surface area contributed by atoms with Crippen molar-refractivity contribution in [2.75, 3.05) is 27.4 Å². The molecule has 0 aromatic rings. The van der Waals surface area contributed by atoms with Crippen LogP contribution in [0.25, 0.3) is 0 Å². The van der Waals surface area contributed by atoms with Crippen molar-refractivity contribution in [1.29, 1.82) is 0 Å². The van der Waals surface area contributed by atoms with E-state index in [4.69, 9.17) is 9.47 Å². The van der Waals surface area contributed by atoms with Gasteiger partial charge in [0.25, 0.3) is 0 Å². The molecule has 94 valence electrons. The van der Waals surface area contributed by atoms with E-state index in [1.807, 2.05) is 0 Å². The highest BCUT2D eigenvalue weighted by Crippen LogP contribution is 2.18. The number of esters is 1. The molecule has 0 aromatic heterocycles. The van der Waals surface area contributed by atoms with E-state index in [0.717, 1.165) is 6.42 Å². The molecule has 1 unspecified atom stereocenters. The third kappa shape index (κ3) is 4.49. The number of nitrogens with one attached hydrogen (secondary N) is 1. The molecule has 1 fully saturated rings. The Bertz CT molecular complexity index is 202. The topological polar surface area (TPSA) is 47.6 Å². The minimum atomic E-state index is -0.137. The van der Waals surface area contributed by atoms with Gasteiger partial charge in [0.2, 0.25) is 0 Å². The monoisotopic (exact) mass is 229 g/mol. The van der Waals surface area contributed by atoms with E-state index in [1.54, 1.807) is 7.11 Å². The van der Waals surface area contributed by atoms with Crippen molar-refractivity contribution in [3.8, 4) is 0 Å². The lowest BCUT2D eigenvalue weighted by Gasteiger charge is -2.18. The van der Waals surface area contributed by atoms with Gasteiger partial charge in [0.1, 0.15) is 0 Å². The van der Waals surface area contributed by atoms with Gasteiger partial charge in [0.05, 0.1) is 13.0 Å². The molecule has 16 heavy (non-hydrogen) atoms. The van der Waals surface area contributed by atoms with Crippen LogP contribution in [0.15, 0.2) is 0 Å². The lowest BCUT2D eigenvalue weighted by Crippen LogP contribution is -2.35. The predicted octanol–water partition coefficient (Wildman–Crippen LogP) is 1.34. The van der Waals surface area contributed by atoms with Crippen molar-refractivity contribution in [3.63, 3.8) is 0 Å². The Morgan fingerprint density at radius 1 is 1.38 bits per heavy atom. The van der Waals surface area contributed by atoms with Crippen molar-refractivity contribution in [2.45, 2.75) is 38.1 Å². The van der Waals surface area contributed by atoms with Gasteiger partial charge in [-0.15, -0.1) is 0 Å². The van der Waals surface area contributed by atoms with Crippen LogP contribution >= 0.6 is 0 Å². The summed E-state index contributed by atoms with van der Waals surface area (Å²) in [6.07, 6.45) is 5.80. The first kappa shape index (κ1) is 13.5. The third-order valence-corrected chi connectivity index (χ3v) is 3.21. The second-order valence-corrected chi connectivity index (χ2v) is 4.39. The van der Waals surface area contributed by atoms with E-state index in [0.29, 0.717) is 19.2 Å². The smallest absolute Gasteiger partial charge is 0.310 e. The number of hydrogen-bond acceptors (Lipinski definition) is 4. The molecule has 0 aromatic carbocycles.